The molecule has 0 saturated carbocycles. The smallest absolute Gasteiger partial charge is 0.0429 e. The van der Waals surface area contributed by atoms with Gasteiger partial charge in [-0.2, -0.15) is 0 Å². The van der Waals surface area contributed by atoms with Crippen molar-refractivity contribution in [3.63, 3.8) is 0 Å². The van der Waals surface area contributed by atoms with E-state index in [-0.39, 0.29) is 0 Å². The van der Waals surface area contributed by atoms with Crippen LogP contribution in [0.1, 0.15) is 25.7 Å². The molecule has 104 valence electrons. The average Bonchev–Trinajstić information content (AvgIpc) is 2.91. The minimum absolute atomic E-state index is 0.626. The van der Waals surface area contributed by atoms with Crippen molar-refractivity contribution in [1.29, 1.82) is 0 Å². The van der Waals surface area contributed by atoms with E-state index in [0.29, 0.717) is 6.04 Å². The Balaban J connectivity index is 1.61. The first-order valence-electron chi connectivity index (χ1n) is 7.90. The maximum atomic E-state index is 3.84. The standard InChI is InChI=1S/C18H22N2/c1-2-8-15-14(6-1)7-5-9-16(15)19-17-11-13-20-12-4-3-10-18(17)20/h1-2,5-9,17-19H,3-4,10-13H2. The van der Waals surface area contributed by atoms with Crippen molar-refractivity contribution in [1.82, 2.24) is 4.90 Å². The summed E-state index contributed by atoms with van der Waals surface area (Å²) < 4.78 is 0. The molecule has 2 fully saturated rings. The van der Waals surface area contributed by atoms with Gasteiger partial charge in [-0.3, -0.25) is 4.90 Å². The third-order valence-corrected chi connectivity index (χ3v) is 4.99. The Kier molecular flexibility index (Phi) is 3.12. The first-order valence-corrected chi connectivity index (χ1v) is 7.90. The molecule has 2 aromatic rings. The predicted octanol–water partition coefficient (Wildman–Crippen LogP) is 3.88. The molecule has 2 aliphatic rings. The average molecular weight is 266 g/mol. The second-order valence-corrected chi connectivity index (χ2v) is 6.17. The molecular weight excluding hydrogens is 244 g/mol. The SMILES string of the molecule is c1ccc2c(NC3CCN4CCCCC34)cccc2c1. The Labute approximate surface area is 120 Å². The van der Waals surface area contributed by atoms with Crippen LogP contribution in [0, 0.1) is 0 Å². The van der Waals surface area contributed by atoms with Crippen LogP contribution in [0.3, 0.4) is 0 Å². The summed E-state index contributed by atoms with van der Waals surface area (Å²) in [6.07, 6.45) is 5.43. The number of piperidine rings is 1. The van der Waals surface area contributed by atoms with Gasteiger partial charge in [0.2, 0.25) is 0 Å². The van der Waals surface area contributed by atoms with Crippen molar-refractivity contribution < 1.29 is 0 Å². The lowest BCUT2D eigenvalue weighted by Crippen LogP contribution is -2.41. The maximum Gasteiger partial charge on any atom is 0.0429 e. The highest BCUT2D eigenvalue weighted by Gasteiger charge is 2.35. The van der Waals surface area contributed by atoms with Crippen molar-refractivity contribution in [3.8, 4) is 0 Å². The van der Waals surface area contributed by atoms with Crippen LogP contribution < -0.4 is 5.32 Å². The van der Waals surface area contributed by atoms with Crippen molar-refractivity contribution in [2.24, 2.45) is 0 Å². The van der Waals surface area contributed by atoms with Crippen LogP contribution in [0.4, 0.5) is 5.69 Å². The van der Waals surface area contributed by atoms with E-state index in [0.717, 1.165) is 6.04 Å². The summed E-state index contributed by atoms with van der Waals surface area (Å²) in [6, 6.07) is 16.6. The Morgan fingerprint density at radius 2 is 1.80 bits per heavy atom. The largest absolute Gasteiger partial charge is 0.380 e. The normalized spacial score (nSPS) is 26.6. The second-order valence-electron chi connectivity index (χ2n) is 6.17. The first kappa shape index (κ1) is 12.2. The molecule has 0 bridgehead atoms. The van der Waals surface area contributed by atoms with E-state index in [1.807, 2.05) is 0 Å². The van der Waals surface area contributed by atoms with Crippen LogP contribution in [-0.2, 0) is 0 Å². The van der Waals surface area contributed by atoms with E-state index in [9.17, 15) is 0 Å². The summed E-state index contributed by atoms with van der Waals surface area (Å²) in [5, 5.41) is 6.52. The van der Waals surface area contributed by atoms with Gasteiger partial charge < -0.3 is 5.32 Å². The van der Waals surface area contributed by atoms with Gasteiger partial charge in [0, 0.05) is 29.7 Å². The van der Waals surface area contributed by atoms with Crippen LogP contribution >= 0.6 is 0 Å². The third-order valence-electron chi connectivity index (χ3n) is 4.99. The van der Waals surface area contributed by atoms with E-state index in [2.05, 4.69) is 52.7 Å². The topological polar surface area (TPSA) is 15.3 Å². The van der Waals surface area contributed by atoms with E-state index in [1.165, 1.54) is 55.2 Å². The van der Waals surface area contributed by atoms with Crippen LogP contribution in [0.2, 0.25) is 0 Å². The predicted molar refractivity (Wildman–Crippen MR) is 85.2 cm³/mol. The van der Waals surface area contributed by atoms with E-state index < -0.39 is 0 Å². The van der Waals surface area contributed by atoms with Crippen LogP contribution in [-0.4, -0.2) is 30.1 Å². The van der Waals surface area contributed by atoms with Gasteiger partial charge in [-0.1, -0.05) is 42.8 Å². The summed E-state index contributed by atoms with van der Waals surface area (Å²) >= 11 is 0. The lowest BCUT2D eigenvalue weighted by Gasteiger charge is -2.33. The van der Waals surface area contributed by atoms with Crippen LogP contribution in [0.5, 0.6) is 0 Å². The highest BCUT2D eigenvalue weighted by Crippen LogP contribution is 2.31. The van der Waals surface area contributed by atoms with Crippen molar-refractivity contribution in [3.05, 3.63) is 42.5 Å². The molecule has 2 heterocycles. The highest BCUT2D eigenvalue weighted by atomic mass is 15.2. The molecular formula is C18H22N2. The zero-order valence-corrected chi connectivity index (χ0v) is 11.9. The zero-order chi connectivity index (χ0) is 13.4. The molecule has 0 aromatic heterocycles. The summed E-state index contributed by atoms with van der Waals surface area (Å²) in [6.45, 7) is 2.57. The molecule has 2 nitrogen and oxygen atoms in total. The lowest BCUT2D eigenvalue weighted by atomic mass is 9.98. The number of nitrogens with zero attached hydrogens (tertiary/aromatic N) is 1. The molecule has 0 spiro atoms. The molecule has 0 radical (unpaired) electrons. The summed E-state index contributed by atoms with van der Waals surface area (Å²) in [7, 11) is 0. The van der Waals surface area contributed by atoms with Gasteiger partial charge in [0.25, 0.3) is 0 Å². The Morgan fingerprint density at radius 3 is 2.80 bits per heavy atom. The minimum atomic E-state index is 0.626. The molecule has 2 aliphatic heterocycles. The van der Waals surface area contributed by atoms with Gasteiger partial charge in [0.05, 0.1) is 0 Å². The molecule has 2 heteroatoms. The fraction of sp³-hybridized carbons (Fsp3) is 0.444. The molecule has 2 atom stereocenters. The Morgan fingerprint density at radius 1 is 0.900 bits per heavy atom. The second kappa shape index (κ2) is 5.10. The minimum Gasteiger partial charge on any atom is -0.380 e. The number of hydrogen-bond donors (Lipinski definition) is 1. The Hall–Kier alpha value is -1.54. The molecule has 1 N–H and O–H groups in total. The van der Waals surface area contributed by atoms with E-state index in [1.54, 1.807) is 0 Å². The summed E-state index contributed by atoms with van der Waals surface area (Å²) in [4.78, 5) is 2.69. The number of nitrogens with one attached hydrogen (secondary N) is 1. The van der Waals surface area contributed by atoms with Gasteiger partial charge in [0.1, 0.15) is 0 Å². The van der Waals surface area contributed by atoms with Crippen LogP contribution in [0.15, 0.2) is 42.5 Å². The number of benzene rings is 2. The molecule has 0 amide bonds. The molecule has 2 aromatic carbocycles. The molecule has 2 saturated heterocycles. The monoisotopic (exact) mass is 266 g/mol. The number of anilines is 1. The summed E-state index contributed by atoms with van der Waals surface area (Å²) in [5.74, 6) is 0. The van der Waals surface area contributed by atoms with Gasteiger partial charge in [-0.15, -0.1) is 0 Å². The number of fused-ring (bicyclic) bond motifs is 2. The Bertz CT molecular complexity index is 602. The molecule has 4 rings (SSSR count). The fourth-order valence-corrected chi connectivity index (χ4v) is 3.97. The molecule has 2 unspecified atom stereocenters. The third kappa shape index (κ3) is 2.08. The molecule has 20 heavy (non-hydrogen) atoms. The van der Waals surface area contributed by atoms with Crippen molar-refractivity contribution in [2.45, 2.75) is 37.8 Å². The quantitative estimate of drug-likeness (QED) is 0.887. The van der Waals surface area contributed by atoms with Crippen molar-refractivity contribution >= 4 is 16.5 Å². The van der Waals surface area contributed by atoms with Gasteiger partial charge in [-0.25, -0.2) is 0 Å². The van der Waals surface area contributed by atoms with Gasteiger partial charge in [-0.05, 0) is 37.3 Å². The summed E-state index contributed by atoms with van der Waals surface area (Å²) in [5.41, 5.74) is 1.31. The number of rotatable bonds is 2. The van der Waals surface area contributed by atoms with E-state index in [4.69, 9.17) is 0 Å². The first-order chi connectivity index (χ1) is 9.92. The fourth-order valence-electron chi connectivity index (χ4n) is 3.97. The zero-order valence-electron chi connectivity index (χ0n) is 11.9. The molecule has 0 aliphatic carbocycles. The van der Waals surface area contributed by atoms with Gasteiger partial charge >= 0.3 is 0 Å². The maximum absolute atomic E-state index is 3.84. The van der Waals surface area contributed by atoms with Crippen molar-refractivity contribution in [2.75, 3.05) is 18.4 Å². The van der Waals surface area contributed by atoms with Gasteiger partial charge in [0.15, 0.2) is 0 Å². The lowest BCUT2D eigenvalue weighted by molar-refractivity contribution is 0.193. The highest BCUT2D eigenvalue weighted by molar-refractivity contribution is 5.93. The van der Waals surface area contributed by atoms with E-state index >= 15 is 0 Å². The van der Waals surface area contributed by atoms with Crippen LogP contribution in [0.25, 0.3) is 10.8 Å². The number of hydrogen-bond acceptors (Lipinski definition) is 2.